The SMILES string of the molecule is Cc1ccc(S(=O)(=O)N(CC(=O)N(Cc2cccc(C)c2)[C@H](C)C(=O)NCC(C)C)c2cccc(Br)c2)cc1. The molecular formula is C30H36BrN3O4S. The number of anilines is 1. The first-order chi connectivity index (χ1) is 18.4. The summed E-state index contributed by atoms with van der Waals surface area (Å²) in [6.45, 7) is 9.65. The highest BCUT2D eigenvalue weighted by Crippen LogP contribution is 2.27. The van der Waals surface area contributed by atoms with E-state index in [9.17, 15) is 18.0 Å². The second-order valence-electron chi connectivity index (χ2n) is 10.1. The molecule has 2 amide bonds. The molecule has 0 heterocycles. The van der Waals surface area contributed by atoms with Crippen molar-refractivity contribution in [1.29, 1.82) is 0 Å². The number of nitrogens with one attached hydrogen (secondary N) is 1. The molecule has 0 radical (unpaired) electrons. The Balaban J connectivity index is 2.01. The normalized spacial score (nSPS) is 12.2. The van der Waals surface area contributed by atoms with E-state index in [-0.39, 0.29) is 23.3 Å². The first kappa shape index (κ1) is 30.4. The first-order valence-electron chi connectivity index (χ1n) is 12.9. The van der Waals surface area contributed by atoms with Gasteiger partial charge in [-0.05, 0) is 62.6 Å². The van der Waals surface area contributed by atoms with E-state index in [1.807, 2.05) is 52.0 Å². The number of carbonyl (C=O) groups is 2. The summed E-state index contributed by atoms with van der Waals surface area (Å²) in [5, 5.41) is 2.90. The van der Waals surface area contributed by atoms with Gasteiger partial charge >= 0.3 is 0 Å². The molecule has 0 unspecified atom stereocenters. The molecule has 0 aliphatic rings. The first-order valence-corrected chi connectivity index (χ1v) is 15.1. The predicted octanol–water partition coefficient (Wildman–Crippen LogP) is 5.45. The Morgan fingerprint density at radius 2 is 1.56 bits per heavy atom. The number of carbonyl (C=O) groups excluding carboxylic acids is 2. The Hall–Kier alpha value is -3.17. The van der Waals surface area contributed by atoms with Crippen molar-refractivity contribution in [2.24, 2.45) is 5.92 Å². The lowest BCUT2D eigenvalue weighted by atomic mass is 10.1. The number of hydrogen-bond acceptors (Lipinski definition) is 4. The summed E-state index contributed by atoms with van der Waals surface area (Å²) in [5.74, 6) is -0.534. The monoisotopic (exact) mass is 613 g/mol. The van der Waals surface area contributed by atoms with Crippen LogP contribution in [0.3, 0.4) is 0 Å². The average Bonchev–Trinajstić information content (AvgIpc) is 2.88. The number of rotatable bonds is 11. The molecule has 7 nitrogen and oxygen atoms in total. The van der Waals surface area contributed by atoms with Crippen molar-refractivity contribution < 1.29 is 18.0 Å². The van der Waals surface area contributed by atoms with Crippen LogP contribution in [0.25, 0.3) is 0 Å². The van der Waals surface area contributed by atoms with Crippen molar-refractivity contribution in [2.75, 3.05) is 17.4 Å². The van der Waals surface area contributed by atoms with Gasteiger partial charge in [-0.25, -0.2) is 8.42 Å². The maximum atomic E-state index is 13.9. The Bertz CT molecular complexity index is 1410. The molecule has 3 aromatic carbocycles. The van der Waals surface area contributed by atoms with Crippen LogP contribution in [0.15, 0.2) is 82.2 Å². The van der Waals surface area contributed by atoms with Gasteiger partial charge in [0.15, 0.2) is 0 Å². The van der Waals surface area contributed by atoms with Crippen molar-refractivity contribution >= 4 is 43.5 Å². The van der Waals surface area contributed by atoms with Crippen molar-refractivity contribution in [3.8, 4) is 0 Å². The lowest BCUT2D eigenvalue weighted by Gasteiger charge is -2.32. The topological polar surface area (TPSA) is 86.8 Å². The molecule has 0 saturated heterocycles. The van der Waals surface area contributed by atoms with Crippen LogP contribution in [0.2, 0.25) is 0 Å². The van der Waals surface area contributed by atoms with Crippen LogP contribution in [0.5, 0.6) is 0 Å². The molecule has 9 heteroatoms. The summed E-state index contributed by atoms with van der Waals surface area (Å²) < 4.78 is 29.5. The van der Waals surface area contributed by atoms with Crippen LogP contribution >= 0.6 is 15.9 Å². The van der Waals surface area contributed by atoms with Gasteiger partial charge in [-0.2, -0.15) is 0 Å². The molecule has 0 saturated carbocycles. The second-order valence-corrected chi connectivity index (χ2v) is 12.9. The van der Waals surface area contributed by atoms with E-state index in [1.54, 1.807) is 43.3 Å². The van der Waals surface area contributed by atoms with Crippen LogP contribution in [0, 0.1) is 19.8 Å². The Morgan fingerprint density at radius 3 is 2.18 bits per heavy atom. The van der Waals surface area contributed by atoms with Gasteiger partial charge in [0.25, 0.3) is 10.0 Å². The standard InChI is InChI=1S/C30H36BrN3O4S/c1-21(2)18-32-30(36)24(5)33(19-25-9-6-8-23(4)16-25)29(35)20-34(27-11-7-10-26(31)17-27)39(37,38)28-14-12-22(3)13-15-28/h6-17,21,24H,18-20H2,1-5H3,(H,32,36)/t24-/m1/s1. The molecule has 3 rings (SSSR count). The third-order valence-corrected chi connectivity index (χ3v) is 8.55. The lowest BCUT2D eigenvalue weighted by molar-refractivity contribution is -0.139. The van der Waals surface area contributed by atoms with E-state index in [4.69, 9.17) is 0 Å². The fraction of sp³-hybridized carbons (Fsp3) is 0.333. The Morgan fingerprint density at radius 1 is 0.897 bits per heavy atom. The van der Waals surface area contributed by atoms with E-state index < -0.39 is 28.5 Å². The number of aryl methyl sites for hydroxylation is 2. The maximum absolute atomic E-state index is 13.9. The van der Waals surface area contributed by atoms with Crippen LogP contribution < -0.4 is 9.62 Å². The molecule has 1 N–H and O–H groups in total. The molecule has 39 heavy (non-hydrogen) atoms. The minimum Gasteiger partial charge on any atom is -0.354 e. The number of amides is 2. The van der Waals surface area contributed by atoms with Gasteiger partial charge in [-0.15, -0.1) is 0 Å². The fourth-order valence-corrected chi connectivity index (χ4v) is 5.83. The number of nitrogens with zero attached hydrogens (tertiary/aromatic N) is 2. The second kappa shape index (κ2) is 13.3. The summed E-state index contributed by atoms with van der Waals surface area (Å²) >= 11 is 3.41. The number of hydrogen-bond donors (Lipinski definition) is 1. The minimum atomic E-state index is -4.10. The van der Waals surface area contributed by atoms with Gasteiger partial charge < -0.3 is 10.2 Å². The molecule has 3 aromatic rings. The van der Waals surface area contributed by atoms with E-state index in [0.29, 0.717) is 16.7 Å². The van der Waals surface area contributed by atoms with E-state index in [0.717, 1.165) is 21.0 Å². The van der Waals surface area contributed by atoms with Crippen molar-refractivity contribution in [1.82, 2.24) is 10.2 Å². The molecule has 0 spiro atoms. The number of halogens is 1. The molecule has 0 fully saturated rings. The third kappa shape index (κ3) is 8.16. The highest BCUT2D eigenvalue weighted by molar-refractivity contribution is 9.10. The molecule has 0 bridgehead atoms. The fourth-order valence-electron chi connectivity index (χ4n) is 4.04. The van der Waals surface area contributed by atoms with Crippen molar-refractivity contribution in [3.05, 3.63) is 94.0 Å². The quantitative estimate of drug-likeness (QED) is 0.311. The third-order valence-electron chi connectivity index (χ3n) is 6.27. The summed E-state index contributed by atoms with van der Waals surface area (Å²) in [5.41, 5.74) is 3.13. The number of sulfonamides is 1. The van der Waals surface area contributed by atoms with Gasteiger partial charge in [-0.3, -0.25) is 13.9 Å². The van der Waals surface area contributed by atoms with E-state index in [2.05, 4.69) is 21.2 Å². The summed E-state index contributed by atoms with van der Waals surface area (Å²) in [6.07, 6.45) is 0. The highest BCUT2D eigenvalue weighted by Gasteiger charge is 2.32. The van der Waals surface area contributed by atoms with Crippen LogP contribution in [0.4, 0.5) is 5.69 Å². The highest BCUT2D eigenvalue weighted by atomic mass is 79.9. The van der Waals surface area contributed by atoms with Gasteiger partial charge in [0.2, 0.25) is 11.8 Å². The van der Waals surface area contributed by atoms with Gasteiger partial charge in [0, 0.05) is 17.6 Å². The molecule has 0 aliphatic heterocycles. The molecular weight excluding hydrogens is 578 g/mol. The smallest absolute Gasteiger partial charge is 0.264 e. The van der Waals surface area contributed by atoms with Gasteiger partial charge in [0.1, 0.15) is 12.6 Å². The maximum Gasteiger partial charge on any atom is 0.264 e. The molecule has 0 aliphatic carbocycles. The molecule has 0 aromatic heterocycles. The average molecular weight is 615 g/mol. The Labute approximate surface area is 240 Å². The van der Waals surface area contributed by atoms with Crippen molar-refractivity contribution in [2.45, 2.75) is 52.1 Å². The van der Waals surface area contributed by atoms with Gasteiger partial charge in [0.05, 0.1) is 10.6 Å². The zero-order chi connectivity index (χ0) is 28.7. The van der Waals surface area contributed by atoms with Crippen molar-refractivity contribution in [3.63, 3.8) is 0 Å². The zero-order valence-electron chi connectivity index (χ0n) is 23.0. The zero-order valence-corrected chi connectivity index (χ0v) is 25.4. The van der Waals surface area contributed by atoms with E-state index in [1.165, 1.54) is 17.0 Å². The minimum absolute atomic E-state index is 0.0776. The lowest BCUT2D eigenvalue weighted by Crippen LogP contribution is -2.51. The van der Waals surface area contributed by atoms with Crippen LogP contribution in [-0.4, -0.2) is 44.3 Å². The summed E-state index contributed by atoms with van der Waals surface area (Å²) in [6, 6.07) is 20.2. The van der Waals surface area contributed by atoms with Crippen LogP contribution in [0.1, 0.15) is 37.5 Å². The van der Waals surface area contributed by atoms with Gasteiger partial charge in [-0.1, -0.05) is 83.4 Å². The number of benzene rings is 3. The predicted molar refractivity (Wildman–Crippen MR) is 159 cm³/mol. The van der Waals surface area contributed by atoms with E-state index >= 15 is 0 Å². The largest absolute Gasteiger partial charge is 0.354 e. The molecule has 208 valence electrons. The molecule has 1 atom stereocenters. The summed E-state index contributed by atoms with van der Waals surface area (Å²) in [7, 11) is -4.10. The Kier molecular flexibility index (Phi) is 10.3. The summed E-state index contributed by atoms with van der Waals surface area (Å²) in [4.78, 5) is 28.5. The van der Waals surface area contributed by atoms with Crippen LogP contribution in [-0.2, 0) is 26.2 Å².